The molecule has 1 saturated heterocycles. The fraction of sp³-hybridized carbons (Fsp3) is 1.00. The average molecular weight is 1090 g/mol. The molecule has 9 rings (SSSR count). The first-order valence-electron chi connectivity index (χ1n) is 33.7. The van der Waals surface area contributed by atoms with E-state index in [9.17, 15) is 0 Å². The van der Waals surface area contributed by atoms with Gasteiger partial charge < -0.3 is 26.0 Å². The van der Waals surface area contributed by atoms with Crippen LogP contribution in [0.1, 0.15) is 270 Å². The van der Waals surface area contributed by atoms with Gasteiger partial charge in [0.05, 0.1) is 0 Å². The van der Waals surface area contributed by atoms with E-state index in [1.165, 1.54) is 218 Å². The Morgan fingerprint density at radius 3 is 0.562 bits per heavy atom. The monoisotopic (exact) mass is 1090 g/mol. The molecule has 0 aromatic rings. The summed E-state index contributed by atoms with van der Waals surface area (Å²) in [5, 5.41) is 0. The van der Waals surface area contributed by atoms with Crippen LogP contribution in [0.3, 0.4) is 0 Å². The van der Waals surface area contributed by atoms with Gasteiger partial charge in [-0.1, -0.05) is 186 Å². The van der Waals surface area contributed by atoms with Gasteiger partial charge in [-0.2, -0.15) is 0 Å². The summed E-state index contributed by atoms with van der Waals surface area (Å²) in [7, 11) is 0.929. The summed E-state index contributed by atoms with van der Waals surface area (Å²) in [5.41, 5.74) is 21.2. The second-order valence-electron chi connectivity index (χ2n) is 25.9. The molecule has 9 heteroatoms. The molecule has 9 fully saturated rings. The average Bonchev–Trinajstić information content (AvgIpc) is 4.07. The van der Waals surface area contributed by atoms with Crippen molar-refractivity contribution in [2.24, 2.45) is 11.5 Å². The molecule has 9 aliphatic rings. The molecule has 0 aromatic heterocycles. The van der Waals surface area contributed by atoms with Crippen molar-refractivity contribution in [3.05, 3.63) is 0 Å². The van der Waals surface area contributed by atoms with Gasteiger partial charge in [0.25, 0.3) is 0 Å². The largest absolute Gasteiger partial charge is 0.381 e. The fourth-order valence-electron chi connectivity index (χ4n) is 16.5. The van der Waals surface area contributed by atoms with E-state index < -0.39 is 0 Å². The van der Waals surface area contributed by atoms with Crippen molar-refractivity contribution in [3.63, 3.8) is 0 Å². The molecule has 8 saturated carbocycles. The van der Waals surface area contributed by atoms with E-state index in [1.807, 2.05) is 0 Å². The lowest BCUT2D eigenvalue weighted by molar-refractivity contribution is 0.198. The maximum absolute atomic E-state index is 6.18. The second-order valence-corrected chi connectivity index (χ2v) is 37.6. The van der Waals surface area contributed by atoms with Crippen molar-refractivity contribution in [3.8, 4) is 0 Å². The molecule has 1 heterocycles. The van der Waals surface area contributed by atoms with Crippen molar-refractivity contribution < 1.29 is 4.74 Å². The van der Waals surface area contributed by atoms with Gasteiger partial charge in [-0.25, -0.2) is 0 Å². The van der Waals surface area contributed by atoms with Gasteiger partial charge in [-0.05, 0) is 185 Å². The second kappa shape index (κ2) is 38.3. The van der Waals surface area contributed by atoms with E-state index in [0.717, 1.165) is 84.7 Å². The van der Waals surface area contributed by atoms with Gasteiger partial charge in [0.15, 0.2) is 0 Å². The van der Waals surface area contributed by atoms with Crippen LogP contribution in [0.2, 0.25) is 0 Å². The van der Waals surface area contributed by atoms with Crippen LogP contribution in [0.4, 0.5) is 0 Å². The highest BCUT2D eigenvalue weighted by molar-refractivity contribution is 7.60. The maximum Gasteiger partial charge on any atom is 0.0466 e. The first kappa shape index (κ1) is 62.1. The van der Waals surface area contributed by atoms with Gasteiger partial charge in [0.2, 0.25) is 0 Å². The number of ether oxygens (including phenoxy) is 1. The minimum atomic E-state index is 0.232. The zero-order valence-corrected chi connectivity index (χ0v) is 52.0. The molecule has 0 amide bonds. The van der Waals surface area contributed by atoms with Crippen LogP contribution < -0.4 is 11.5 Å². The summed E-state index contributed by atoms with van der Waals surface area (Å²) in [4.78, 5) is 5.73. The Morgan fingerprint density at radius 1 is 0.247 bits per heavy atom. The third kappa shape index (κ3) is 22.8. The SMILES string of the molecule is C1CCOC1.NCCN(CCP(C1CCCCC1)C1CCCCC1)CCP(C1CCCCC1)C1CCCCC1.NCCN(CCP(C1CCCCC1)C1CCCCC1)CCP(C1CCCCC1)C1CCCCC1. The first-order valence-corrected chi connectivity index (χ1v) is 40.3. The predicted molar refractivity (Wildman–Crippen MR) is 333 cm³/mol. The summed E-state index contributed by atoms with van der Waals surface area (Å²) in [6.45, 7) is 11.5. The number of rotatable bonds is 24. The van der Waals surface area contributed by atoms with Crippen molar-refractivity contribution >= 4 is 31.7 Å². The van der Waals surface area contributed by atoms with Gasteiger partial charge in [0.1, 0.15) is 0 Å². The highest BCUT2D eigenvalue weighted by atomic mass is 31.1. The topological polar surface area (TPSA) is 67.8 Å². The third-order valence-corrected chi connectivity index (χ3v) is 35.3. The van der Waals surface area contributed by atoms with Gasteiger partial charge in [0, 0.05) is 65.6 Å². The lowest BCUT2D eigenvalue weighted by atomic mass is 9.99. The van der Waals surface area contributed by atoms with Crippen molar-refractivity contribution in [2.45, 2.75) is 315 Å². The standard InChI is InChI=1S/2C30H58N2P2.C4H8O/c2*31-21-22-32(23-25-33(27-13-5-1-6-14-27)28-15-7-2-8-16-28)24-26-34(29-17-9-3-10-18-29)30-19-11-4-12-20-30;1-2-4-5-3-1/h2*27-30H,1-26,31H2;1-4H2. The fourth-order valence-corrected chi connectivity index (χ4v) is 32.1. The highest BCUT2D eigenvalue weighted by Crippen LogP contribution is 2.59. The maximum atomic E-state index is 6.18. The Balaban J connectivity index is 0.000000195. The summed E-state index contributed by atoms with van der Waals surface area (Å²) >= 11 is 0. The first-order chi connectivity index (χ1) is 36.2. The molecule has 1 aliphatic heterocycles. The molecule has 73 heavy (non-hydrogen) atoms. The van der Waals surface area contributed by atoms with Crippen LogP contribution >= 0.6 is 31.7 Å². The van der Waals surface area contributed by atoms with Crippen LogP contribution in [0.15, 0.2) is 0 Å². The molecule has 0 radical (unpaired) electrons. The third-order valence-electron chi connectivity index (χ3n) is 20.8. The molecule has 0 aromatic carbocycles. The Hall–Kier alpha value is 1.52. The number of hydrogen-bond acceptors (Lipinski definition) is 5. The minimum absolute atomic E-state index is 0.232. The number of hydrogen-bond donors (Lipinski definition) is 2. The molecule has 0 unspecified atom stereocenters. The van der Waals surface area contributed by atoms with E-state index >= 15 is 0 Å². The van der Waals surface area contributed by atoms with Gasteiger partial charge >= 0.3 is 0 Å². The number of nitrogens with zero attached hydrogens (tertiary/aromatic N) is 2. The molecule has 0 spiro atoms. The van der Waals surface area contributed by atoms with Gasteiger partial charge in [-0.3, -0.25) is 0 Å². The van der Waals surface area contributed by atoms with Crippen LogP contribution in [-0.2, 0) is 4.74 Å². The summed E-state index contributed by atoms with van der Waals surface area (Å²) < 4.78 is 4.94. The van der Waals surface area contributed by atoms with Crippen LogP contribution in [0, 0.1) is 0 Å². The molecule has 4 N–H and O–H groups in total. The van der Waals surface area contributed by atoms with E-state index in [1.54, 1.807) is 103 Å². The van der Waals surface area contributed by atoms with Crippen molar-refractivity contribution in [2.75, 3.05) is 90.2 Å². The van der Waals surface area contributed by atoms with Crippen molar-refractivity contribution in [1.82, 2.24) is 9.80 Å². The van der Waals surface area contributed by atoms with Crippen LogP contribution in [0.5, 0.6) is 0 Å². The van der Waals surface area contributed by atoms with E-state index in [0.29, 0.717) is 0 Å². The van der Waals surface area contributed by atoms with Crippen LogP contribution in [0.25, 0.3) is 0 Å². The van der Waals surface area contributed by atoms with E-state index in [-0.39, 0.29) is 31.7 Å². The van der Waals surface area contributed by atoms with Gasteiger partial charge in [-0.15, -0.1) is 0 Å². The zero-order chi connectivity index (χ0) is 50.4. The van der Waals surface area contributed by atoms with E-state index in [2.05, 4.69) is 9.80 Å². The smallest absolute Gasteiger partial charge is 0.0466 e. The lowest BCUT2D eigenvalue weighted by Gasteiger charge is -2.41. The predicted octanol–water partition coefficient (Wildman–Crippen LogP) is 17.9. The molecule has 426 valence electrons. The quantitative estimate of drug-likeness (QED) is 0.0943. The Morgan fingerprint density at radius 2 is 0.425 bits per heavy atom. The van der Waals surface area contributed by atoms with Crippen molar-refractivity contribution in [1.29, 1.82) is 0 Å². The molecule has 0 atom stereocenters. The summed E-state index contributed by atoms with van der Waals surface area (Å²) in [6, 6.07) is 0. The minimum Gasteiger partial charge on any atom is -0.381 e. The summed E-state index contributed by atoms with van der Waals surface area (Å²) in [6.07, 6.45) is 70.2. The molecule has 0 bridgehead atoms. The van der Waals surface area contributed by atoms with Crippen LogP contribution in [-0.4, -0.2) is 145 Å². The normalized spacial score (nSPS) is 25.0. The molecular formula is C64H124N4OP4. The Labute approximate surface area is 460 Å². The lowest BCUT2D eigenvalue weighted by Crippen LogP contribution is -2.36. The Kier molecular flexibility index (Phi) is 32.6. The summed E-state index contributed by atoms with van der Waals surface area (Å²) in [5.74, 6) is 0. The molecular weight excluding hydrogens is 965 g/mol. The molecule has 5 nitrogen and oxygen atoms in total. The Bertz CT molecular complexity index is 1050. The number of nitrogens with two attached hydrogens (primary N) is 2. The highest BCUT2D eigenvalue weighted by Gasteiger charge is 2.36. The zero-order valence-electron chi connectivity index (χ0n) is 48.5. The molecule has 8 aliphatic carbocycles. The van der Waals surface area contributed by atoms with E-state index in [4.69, 9.17) is 16.2 Å².